The summed E-state index contributed by atoms with van der Waals surface area (Å²) in [6.45, 7) is 1.64. The summed E-state index contributed by atoms with van der Waals surface area (Å²) in [6.07, 6.45) is 0.0636. The maximum Gasteiger partial charge on any atom is 0.224 e. The summed E-state index contributed by atoms with van der Waals surface area (Å²) in [6, 6.07) is 6.10. The van der Waals surface area contributed by atoms with Crippen molar-refractivity contribution in [3.63, 3.8) is 0 Å². The van der Waals surface area contributed by atoms with Gasteiger partial charge in [0.1, 0.15) is 11.6 Å². The molecule has 0 aliphatic heterocycles. The van der Waals surface area contributed by atoms with Crippen molar-refractivity contribution in [1.29, 1.82) is 0 Å². The number of hydrogen-bond acceptors (Lipinski definition) is 3. The fraction of sp³-hybridized carbons (Fsp3) is 0.278. The second-order valence-electron chi connectivity index (χ2n) is 5.43. The smallest absolute Gasteiger partial charge is 0.224 e. The number of ether oxygens (including phenoxy) is 2. The zero-order chi connectivity index (χ0) is 18.6. The average molecular weight is 414 g/mol. The third kappa shape index (κ3) is 4.69. The minimum absolute atomic E-state index is 0.0636. The molecule has 2 rings (SSSR count). The van der Waals surface area contributed by atoms with Gasteiger partial charge in [-0.3, -0.25) is 4.79 Å². The van der Waals surface area contributed by atoms with Gasteiger partial charge in [-0.25, -0.2) is 8.78 Å². The molecule has 4 nitrogen and oxygen atoms in total. The molecule has 0 radical (unpaired) electrons. The molecule has 1 amide bonds. The van der Waals surface area contributed by atoms with Gasteiger partial charge < -0.3 is 14.8 Å². The topological polar surface area (TPSA) is 47.6 Å². The largest absolute Gasteiger partial charge is 0.493 e. The zero-order valence-corrected chi connectivity index (χ0v) is 15.6. The van der Waals surface area contributed by atoms with Crippen LogP contribution in [-0.2, 0) is 11.2 Å². The van der Waals surface area contributed by atoms with E-state index in [4.69, 9.17) is 9.47 Å². The number of methoxy groups -OCH3 is 2. The van der Waals surface area contributed by atoms with Gasteiger partial charge in [0.05, 0.1) is 26.7 Å². The number of nitrogens with one attached hydrogen (secondary N) is 1. The summed E-state index contributed by atoms with van der Waals surface area (Å²) in [4.78, 5) is 12.3. The molecule has 2 aromatic rings. The number of amides is 1. The molecule has 0 fully saturated rings. The molecule has 0 bridgehead atoms. The first-order chi connectivity index (χ1) is 11.8. The lowest BCUT2D eigenvalue weighted by Crippen LogP contribution is -2.28. The minimum Gasteiger partial charge on any atom is -0.493 e. The predicted octanol–water partition coefficient (Wildman–Crippen LogP) is 4.16. The van der Waals surface area contributed by atoms with Crippen molar-refractivity contribution in [2.75, 3.05) is 14.2 Å². The number of halogens is 3. The van der Waals surface area contributed by atoms with Crippen LogP contribution < -0.4 is 14.8 Å². The van der Waals surface area contributed by atoms with E-state index in [0.717, 1.165) is 12.1 Å². The third-order valence-electron chi connectivity index (χ3n) is 3.71. The van der Waals surface area contributed by atoms with Crippen LogP contribution in [0, 0.1) is 11.6 Å². The SMILES string of the molecule is COc1cc(Br)c(CC(=O)N[C@H](C)c2ccc(F)cc2F)cc1OC. The molecule has 0 spiro atoms. The van der Waals surface area contributed by atoms with Crippen molar-refractivity contribution in [3.05, 3.63) is 57.6 Å². The van der Waals surface area contributed by atoms with Crippen molar-refractivity contribution >= 4 is 21.8 Å². The Morgan fingerprint density at radius 1 is 1.16 bits per heavy atom. The molecule has 0 aliphatic carbocycles. The maximum atomic E-state index is 13.8. The predicted molar refractivity (Wildman–Crippen MR) is 93.9 cm³/mol. The number of carbonyl (C=O) groups is 1. The van der Waals surface area contributed by atoms with Gasteiger partial charge >= 0.3 is 0 Å². The van der Waals surface area contributed by atoms with Crippen LogP contribution in [0.2, 0.25) is 0 Å². The van der Waals surface area contributed by atoms with E-state index in [1.54, 1.807) is 19.1 Å². The van der Waals surface area contributed by atoms with Crippen LogP contribution in [-0.4, -0.2) is 20.1 Å². The number of carbonyl (C=O) groups excluding carboxylic acids is 1. The van der Waals surface area contributed by atoms with Gasteiger partial charge in [0, 0.05) is 16.1 Å². The highest BCUT2D eigenvalue weighted by atomic mass is 79.9. The Kier molecular flexibility index (Phi) is 6.36. The molecule has 134 valence electrons. The van der Waals surface area contributed by atoms with Crippen LogP contribution in [0.3, 0.4) is 0 Å². The van der Waals surface area contributed by atoms with Crippen LogP contribution in [0.15, 0.2) is 34.8 Å². The highest BCUT2D eigenvalue weighted by molar-refractivity contribution is 9.10. The molecule has 0 aliphatic rings. The average Bonchev–Trinajstić information content (AvgIpc) is 2.55. The van der Waals surface area contributed by atoms with Crippen LogP contribution in [0.25, 0.3) is 0 Å². The Morgan fingerprint density at radius 2 is 1.80 bits per heavy atom. The van der Waals surface area contributed by atoms with E-state index in [2.05, 4.69) is 21.2 Å². The number of hydrogen-bond donors (Lipinski definition) is 1. The first-order valence-electron chi connectivity index (χ1n) is 7.50. The van der Waals surface area contributed by atoms with Gasteiger partial charge in [-0.2, -0.15) is 0 Å². The lowest BCUT2D eigenvalue weighted by molar-refractivity contribution is -0.121. The van der Waals surface area contributed by atoms with E-state index in [1.807, 2.05) is 0 Å². The summed E-state index contributed by atoms with van der Waals surface area (Å²) in [5, 5.41) is 2.70. The quantitative estimate of drug-likeness (QED) is 0.772. The van der Waals surface area contributed by atoms with Gasteiger partial charge in [0.25, 0.3) is 0 Å². The fourth-order valence-corrected chi connectivity index (χ4v) is 2.89. The number of rotatable bonds is 6. The summed E-state index contributed by atoms with van der Waals surface area (Å²) in [7, 11) is 3.03. The molecular weight excluding hydrogens is 396 g/mol. The van der Waals surface area contributed by atoms with Crippen LogP contribution in [0.4, 0.5) is 8.78 Å². The minimum atomic E-state index is -0.694. The number of benzene rings is 2. The Bertz CT molecular complexity index is 783. The highest BCUT2D eigenvalue weighted by Crippen LogP contribution is 2.33. The molecule has 25 heavy (non-hydrogen) atoms. The Hall–Kier alpha value is -2.15. The Balaban J connectivity index is 2.12. The van der Waals surface area contributed by atoms with E-state index in [-0.39, 0.29) is 17.9 Å². The van der Waals surface area contributed by atoms with Crippen LogP contribution in [0.5, 0.6) is 11.5 Å². The molecule has 1 atom stereocenters. The normalized spacial score (nSPS) is 11.8. The van der Waals surface area contributed by atoms with Crippen LogP contribution >= 0.6 is 15.9 Å². The van der Waals surface area contributed by atoms with E-state index in [9.17, 15) is 13.6 Å². The lowest BCUT2D eigenvalue weighted by atomic mass is 10.1. The van der Waals surface area contributed by atoms with Gasteiger partial charge in [0.15, 0.2) is 11.5 Å². The van der Waals surface area contributed by atoms with Gasteiger partial charge in [-0.05, 0) is 30.7 Å². The molecule has 0 aromatic heterocycles. The van der Waals surface area contributed by atoms with Crippen molar-refractivity contribution < 1.29 is 23.0 Å². The standard InChI is InChI=1S/C18H18BrF2NO3/c1-10(13-5-4-12(20)8-15(13)21)22-18(23)7-11-6-16(24-2)17(25-3)9-14(11)19/h4-6,8-10H,7H2,1-3H3,(H,22,23)/t10-/m1/s1. The molecule has 1 N–H and O–H groups in total. The first kappa shape index (κ1) is 19.2. The van der Waals surface area contributed by atoms with E-state index in [0.29, 0.717) is 21.5 Å². The van der Waals surface area contributed by atoms with Crippen molar-refractivity contribution in [2.24, 2.45) is 0 Å². The Labute approximate surface area is 153 Å². The second-order valence-corrected chi connectivity index (χ2v) is 6.28. The molecular formula is C18H18BrF2NO3. The molecule has 0 unspecified atom stereocenters. The summed E-state index contributed by atoms with van der Waals surface area (Å²) >= 11 is 3.39. The first-order valence-corrected chi connectivity index (χ1v) is 8.29. The summed E-state index contributed by atoms with van der Waals surface area (Å²) in [5.41, 5.74) is 0.919. The molecule has 0 saturated carbocycles. The van der Waals surface area contributed by atoms with E-state index in [1.165, 1.54) is 20.3 Å². The van der Waals surface area contributed by atoms with Crippen molar-refractivity contribution in [3.8, 4) is 11.5 Å². The zero-order valence-electron chi connectivity index (χ0n) is 14.0. The Morgan fingerprint density at radius 3 is 2.40 bits per heavy atom. The summed E-state index contributed by atoms with van der Waals surface area (Å²) in [5.74, 6) is -0.607. The lowest BCUT2D eigenvalue weighted by Gasteiger charge is -2.16. The van der Waals surface area contributed by atoms with Crippen molar-refractivity contribution in [2.45, 2.75) is 19.4 Å². The molecule has 7 heteroatoms. The monoisotopic (exact) mass is 413 g/mol. The molecule has 2 aromatic carbocycles. The van der Waals surface area contributed by atoms with Crippen LogP contribution in [0.1, 0.15) is 24.1 Å². The molecule has 0 saturated heterocycles. The third-order valence-corrected chi connectivity index (χ3v) is 4.45. The van der Waals surface area contributed by atoms with Gasteiger partial charge in [-0.1, -0.05) is 22.0 Å². The second kappa shape index (κ2) is 8.29. The maximum absolute atomic E-state index is 13.8. The fourth-order valence-electron chi connectivity index (χ4n) is 2.43. The molecule has 0 heterocycles. The highest BCUT2D eigenvalue weighted by Gasteiger charge is 2.17. The van der Waals surface area contributed by atoms with Gasteiger partial charge in [-0.15, -0.1) is 0 Å². The van der Waals surface area contributed by atoms with Crippen molar-refractivity contribution in [1.82, 2.24) is 5.32 Å². The van der Waals surface area contributed by atoms with Gasteiger partial charge in [0.2, 0.25) is 5.91 Å². The van der Waals surface area contributed by atoms with E-state index < -0.39 is 17.7 Å². The van der Waals surface area contributed by atoms with E-state index >= 15 is 0 Å². The summed E-state index contributed by atoms with van der Waals surface area (Å²) < 4.78 is 37.9.